The third kappa shape index (κ3) is 3.86. The van der Waals surface area contributed by atoms with Gasteiger partial charge in [-0.25, -0.2) is 4.39 Å². The van der Waals surface area contributed by atoms with Gasteiger partial charge in [-0.3, -0.25) is 4.79 Å². The Hall–Kier alpha value is -3.38. The minimum atomic E-state index is -0.794. The normalized spacial score (nSPS) is 14.2. The van der Waals surface area contributed by atoms with Crippen LogP contribution in [0, 0.1) is 12.7 Å². The predicted molar refractivity (Wildman–Crippen MR) is 117 cm³/mol. The number of aryl methyl sites for hydroxylation is 1. The summed E-state index contributed by atoms with van der Waals surface area (Å²) >= 11 is 0. The molecule has 1 fully saturated rings. The van der Waals surface area contributed by atoms with E-state index in [-0.39, 0.29) is 24.0 Å². The van der Waals surface area contributed by atoms with Crippen LogP contribution in [0.25, 0.3) is 11.1 Å². The number of carbonyl (C=O) groups excluding carboxylic acids is 1. The van der Waals surface area contributed by atoms with Crippen molar-refractivity contribution in [3.8, 4) is 22.6 Å². The maximum Gasteiger partial charge on any atom is 0.235 e. The molecule has 3 aromatic carbocycles. The Morgan fingerprint density at radius 3 is 2.58 bits per heavy atom. The van der Waals surface area contributed by atoms with Crippen molar-refractivity contribution >= 4 is 11.6 Å². The van der Waals surface area contributed by atoms with E-state index in [1.807, 2.05) is 24.3 Å². The molecular formula is C25H24FNO4. The summed E-state index contributed by atoms with van der Waals surface area (Å²) < 4.78 is 19.8. The molecule has 31 heavy (non-hydrogen) atoms. The summed E-state index contributed by atoms with van der Waals surface area (Å²) in [4.78, 5) is 13.1. The predicted octanol–water partition coefficient (Wildman–Crippen LogP) is 4.68. The van der Waals surface area contributed by atoms with Crippen molar-refractivity contribution in [1.29, 1.82) is 0 Å². The van der Waals surface area contributed by atoms with Crippen molar-refractivity contribution in [2.24, 2.45) is 0 Å². The molecule has 0 spiro atoms. The summed E-state index contributed by atoms with van der Waals surface area (Å²) in [6, 6.07) is 15.3. The summed E-state index contributed by atoms with van der Waals surface area (Å²) in [5.74, 6) is -0.526. The first kappa shape index (κ1) is 20.9. The molecule has 160 valence electrons. The van der Waals surface area contributed by atoms with Crippen LogP contribution in [0.3, 0.4) is 0 Å². The minimum absolute atomic E-state index is 0.0355. The monoisotopic (exact) mass is 421 g/mol. The number of anilines is 1. The largest absolute Gasteiger partial charge is 0.504 e. The number of halogens is 1. The molecule has 0 saturated heterocycles. The third-order valence-electron chi connectivity index (χ3n) is 5.90. The zero-order valence-electron chi connectivity index (χ0n) is 17.4. The molecule has 1 amide bonds. The van der Waals surface area contributed by atoms with Crippen molar-refractivity contribution in [2.75, 3.05) is 12.4 Å². The Balaban J connectivity index is 1.65. The first-order chi connectivity index (χ1) is 14.9. The molecule has 5 nitrogen and oxygen atoms in total. The molecular weight excluding hydrogens is 397 g/mol. The molecule has 1 saturated carbocycles. The Morgan fingerprint density at radius 2 is 1.94 bits per heavy atom. The molecule has 1 aliphatic carbocycles. The Bertz CT molecular complexity index is 1150. The van der Waals surface area contributed by atoms with Crippen LogP contribution in [-0.2, 0) is 16.8 Å². The number of hydrogen-bond acceptors (Lipinski definition) is 4. The molecule has 6 heteroatoms. The van der Waals surface area contributed by atoms with E-state index in [9.17, 15) is 19.4 Å². The maximum absolute atomic E-state index is 14.7. The number of hydrogen-bond donors (Lipinski definition) is 3. The molecule has 0 aromatic heterocycles. The molecule has 0 unspecified atom stereocenters. The van der Waals surface area contributed by atoms with Crippen molar-refractivity contribution in [2.45, 2.75) is 31.8 Å². The zero-order chi connectivity index (χ0) is 22.2. The molecule has 1 aliphatic rings. The molecule has 3 aromatic rings. The Morgan fingerprint density at radius 1 is 1.16 bits per heavy atom. The van der Waals surface area contributed by atoms with Crippen molar-refractivity contribution < 1.29 is 24.1 Å². The lowest BCUT2D eigenvalue weighted by molar-refractivity contribution is -0.118. The van der Waals surface area contributed by atoms with Crippen LogP contribution in [0.2, 0.25) is 0 Å². The van der Waals surface area contributed by atoms with Crippen molar-refractivity contribution in [3.05, 3.63) is 77.1 Å². The van der Waals surface area contributed by atoms with Gasteiger partial charge in [-0.2, -0.15) is 0 Å². The third-order valence-corrected chi connectivity index (χ3v) is 5.90. The van der Waals surface area contributed by atoms with E-state index in [4.69, 9.17) is 4.74 Å². The topological polar surface area (TPSA) is 78.8 Å². The summed E-state index contributed by atoms with van der Waals surface area (Å²) in [6.07, 6.45) is 1.23. The van der Waals surface area contributed by atoms with Gasteiger partial charge in [0.2, 0.25) is 5.91 Å². The number of ether oxygens (including phenoxy) is 1. The zero-order valence-corrected chi connectivity index (χ0v) is 17.4. The number of nitrogens with one attached hydrogen (secondary N) is 1. The first-order valence-corrected chi connectivity index (χ1v) is 10.1. The fourth-order valence-electron chi connectivity index (χ4n) is 3.92. The second-order valence-corrected chi connectivity index (χ2v) is 7.93. The number of phenolic OH excluding ortho intramolecular Hbond substituents is 1. The molecule has 4 rings (SSSR count). The maximum atomic E-state index is 14.7. The second-order valence-electron chi connectivity index (χ2n) is 7.93. The average molecular weight is 421 g/mol. The van der Waals surface area contributed by atoms with E-state index in [0.717, 1.165) is 22.3 Å². The van der Waals surface area contributed by atoms with Gasteiger partial charge in [-0.15, -0.1) is 0 Å². The number of methoxy groups -OCH3 is 1. The van der Waals surface area contributed by atoms with Crippen LogP contribution in [0.5, 0.6) is 11.5 Å². The number of rotatable bonds is 6. The van der Waals surface area contributed by atoms with Gasteiger partial charge < -0.3 is 20.3 Å². The van der Waals surface area contributed by atoms with Crippen LogP contribution in [-0.4, -0.2) is 23.2 Å². The van der Waals surface area contributed by atoms with E-state index < -0.39 is 11.2 Å². The van der Waals surface area contributed by atoms with E-state index in [0.29, 0.717) is 24.2 Å². The average Bonchev–Trinajstić information content (AvgIpc) is 3.57. The second kappa shape index (κ2) is 8.04. The number of aliphatic hydroxyl groups is 1. The summed E-state index contributed by atoms with van der Waals surface area (Å²) in [6.45, 7) is 1.72. The highest BCUT2D eigenvalue weighted by Crippen LogP contribution is 2.50. The van der Waals surface area contributed by atoms with E-state index >= 15 is 0 Å². The molecule has 0 radical (unpaired) electrons. The van der Waals surface area contributed by atoms with Crippen LogP contribution in [0.1, 0.15) is 29.5 Å². The standard InChI is InChI=1S/C25H24FNO4/c1-15-10-20(26)21(13-19(15)17-5-3-4-16(11-17)14-28)27-24(30)25(8-9-25)18-6-7-23(31-2)22(29)12-18/h3-7,10-13,28-29H,8-9,14H2,1-2H3,(H,27,30). The van der Waals surface area contributed by atoms with Crippen molar-refractivity contribution in [3.63, 3.8) is 0 Å². The van der Waals surface area contributed by atoms with Gasteiger partial charge in [0.1, 0.15) is 5.82 Å². The van der Waals surface area contributed by atoms with Gasteiger partial charge in [0, 0.05) is 0 Å². The quantitative estimate of drug-likeness (QED) is 0.540. The van der Waals surface area contributed by atoms with Crippen LogP contribution < -0.4 is 10.1 Å². The lowest BCUT2D eigenvalue weighted by Crippen LogP contribution is -2.28. The number of aliphatic hydroxyl groups excluding tert-OH is 1. The highest BCUT2D eigenvalue weighted by Gasteiger charge is 2.51. The first-order valence-electron chi connectivity index (χ1n) is 10.1. The lowest BCUT2D eigenvalue weighted by atomic mass is 9.94. The SMILES string of the molecule is COc1ccc(C2(C(=O)Nc3cc(-c4cccc(CO)c4)c(C)cc3F)CC2)cc1O. The number of carbonyl (C=O) groups is 1. The highest BCUT2D eigenvalue weighted by molar-refractivity contribution is 6.02. The van der Waals surface area contributed by atoms with Crippen molar-refractivity contribution in [1.82, 2.24) is 0 Å². The van der Waals surface area contributed by atoms with E-state index in [1.165, 1.54) is 19.2 Å². The minimum Gasteiger partial charge on any atom is -0.504 e. The Labute approximate surface area is 180 Å². The van der Waals surface area contributed by atoms with Crippen LogP contribution in [0.4, 0.5) is 10.1 Å². The van der Waals surface area contributed by atoms with E-state index in [1.54, 1.807) is 25.1 Å². The van der Waals surface area contributed by atoms with Gasteiger partial charge in [-0.05, 0) is 77.9 Å². The molecule has 0 bridgehead atoms. The number of amides is 1. The van der Waals surface area contributed by atoms with Crippen LogP contribution in [0.15, 0.2) is 54.6 Å². The van der Waals surface area contributed by atoms with Crippen LogP contribution >= 0.6 is 0 Å². The molecule has 0 aliphatic heterocycles. The van der Waals surface area contributed by atoms with Gasteiger partial charge in [0.15, 0.2) is 11.5 Å². The molecule has 0 heterocycles. The van der Waals surface area contributed by atoms with E-state index in [2.05, 4.69) is 5.32 Å². The van der Waals surface area contributed by atoms with Gasteiger partial charge in [0.05, 0.1) is 24.8 Å². The van der Waals surface area contributed by atoms with Gasteiger partial charge >= 0.3 is 0 Å². The number of aromatic hydroxyl groups is 1. The summed E-state index contributed by atoms with van der Waals surface area (Å²) in [5.41, 5.74) is 3.07. The summed E-state index contributed by atoms with van der Waals surface area (Å²) in [7, 11) is 1.46. The smallest absolute Gasteiger partial charge is 0.235 e. The summed E-state index contributed by atoms with van der Waals surface area (Å²) in [5, 5.41) is 22.3. The number of phenols is 1. The molecule has 0 atom stereocenters. The fraction of sp³-hybridized carbons (Fsp3) is 0.240. The van der Waals surface area contributed by atoms with Gasteiger partial charge in [-0.1, -0.05) is 24.3 Å². The Kier molecular flexibility index (Phi) is 5.41. The number of benzene rings is 3. The fourth-order valence-corrected chi connectivity index (χ4v) is 3.92. The lowest BCUT2D eigenvalue weighted by Gasteiger charge is -2.18. The highest BCUT2D eigenvalue weighted by atomic mass is 19.1. The van der Waals surface area contributed by atoms with Gasteiger partial charge in [0.25, 0.3) is 0 Å². The molecule has 3 N–H and O–H groups in total.